The van der Waals surface area contributed by atoms with Crippen LogP contribution >= 0.6 is 0 Å². The van der Waals surface area contributed by atoms with Crippen molar-refractivity contribution in [3.05, 3.63) is 56.6 Å². The van der Waals surface area contributed by atoms with Gasteiger partial charge < -0.3 is 14.5 Å². The maximum atomic E-state index is 12.9. The number of ether oxygens (including phenoxy) is 1. The molecule has 0 aliphatic carbocycles. The molecule has 0 saturated heterocycles. The number of hydrogen-bond donors (Lipinski definition) is 1. The zero-order valence-electron chi connectivity index (χ0n) is 16.2. The lowest BCUT2D eigenvalue weighted by Gasteiger charge is -2.16. The molecule has 2 aromatic rings. The van der Waals surface area contributed by atoms with Crippen LogP contribution in [0.15, 0.2) is 27.4 Å². The highest BCUT2D eigenvalue weighted by Gasteiger charge is 2.23. The minimum atomic E-state index is -0.465. The first-order valence-corrected chi connectivity index (χ1v) is 9.10. The lowest BCUT2D eigenvalue weighted by atomic mass is 10.0. The fourth-order valence-corrected chi connectivity index (χ4v) is 3.12. The molecule has 5 heteroatoms. The zero-order chi connectivity index (χ0) is 19.3. The molecular formula is C21H27NO4. The van der Waals surface area contributed by atoms with Crippen LogP contribution in [0, 0.1) is 6.92 Å². The Labute approximate surface area is 154 Å². The van der Waals surface area contributed by atoms with Crippen molar-refractivity contribution in [1.29, 1.82) is 0 Å². The van der Waals surface area contributed by atoms with Crippen LogP contribution in [-0.2, 0) is 19.3 Å². The van der Waals surface area contributed by atoms with E-state index in [4.69, 9.17) is 9.15 Å². The number of methoxy groups -OCH3 is 1. The Bertz CT molecular complexity index is 830. The first-order valence-electron chi connectivity index (χ1n) is 9.10. The van der Waals surface area contributed by atoms with Gasteiger partial charge in [-0.3, -0.25) is 9.59 Å². The van der Waals surface area contributed by atoms with E-state index in [9.17, 15) is 9.59 Å². The van der Waals surface area contributed by atoms with Crippen molar-refractivity contribution in [2.24, 2.45) is 0 Å². The molecule has 0 unspecified atom stereocenters. The van der Waals surface area contributed by atoms with Crippen LogP contribution in [-0.4, -0.2) is 13.0 Å². The standard InChI is InChI=1S/C21H27NO4/c1-6-10-16-20(25-5)19(23)17(13(4)26-16)21(24)22-18-14(7-2)11-9-12-15(18)8-3/h9,11-12H,6-8,10H2,1-5H3,(H,22,24). The highest BCUT2D eigenvalue weighted by molar-refractivity contribution is 6.05. The summed E-state index contributed by atoms with van der Waals surface area (Å²) in [7, 11) is 1.42. The molecule has 0 aliphatic heterocycles. The van der Waals surface area contributed by atoms with Gasteiger partial charge in [0.25, 0.3) is 5.91 Å². The van der Waals surface area contributed by atoms with Crippen LogP contribution in [0.5, 0.6) is 5.75 Å². The van der Waals surface area contributed by atoms with Crippen LogP contribution in [0.25, 0.3) is 0 Å². The van der Waals surface area contributed by atoms with E-state index < -0.39 is 11.3 Å². The van der Waals surface area contributed by atoms with Crippen molar-refractivity contribution in [1.82, 2.24) is 0 Å². The molecular weight excluding hydrogens is 330 g/mol. The van der Waals surface area contributed by atoms with Gasteiger partial charge in [-0.1, -0.05) is 39.0 Å². The molecule has 0 radical (unpaired) electrons. The Kier molecular flexibility index (Phi) is 6.61. The van der Waals surface area contributed by atoms with Gasteiger partial charge in [0, 0.05) is 12.1 Å². The largest absolute Gasteiger partial charge is 0.490 e. The molecule has 0 saturated carbocycles. The van der Waals surface area contributed by atoms with Crippen molar-refractivity contribution in [3.8, 4) is 5.75 Å². The number of benzene rings is 1. The predicted octanol–water partition coefficient (Wildman–Crippen LogP) is 4.29. The molecule has 1 heterocycles. The summed E-state index contributed by atoms with van der Waals surface area (Å²) in [6.45, 7) is 7.70. The molecule has 1 N–H and O–H groups in total. The maximum absolute atomic E-state index is 12.9. The monoisotopic (exact) mass is 357 g/mol. The Hall–Kier alpha value is -2.56. The summed E-state index contributed by atoms with van der Waals surface area (Å²) in [5, 5.41) is 2.93. The topological polar surface area (TPSA) is 68.5 Å². The van der Waals surface area contributed by atoms with Crippen LogP contribution in [0.3, 0.4) is 0 Å². The Balaban J connectivity index is 2.51. The van der Waals surface area contributed by atoms with E-state index in [0.29, 0.717) is 17.9 Å². The van der Waals surface area contributed by atoms with Gasteiger partial charge >= 0.3 is 0 Å². The summed E-state index contributed by atoms with van der Waals surface area (Å²) >= 11 is 0. The average Bonchev–Trinajstić information content (AvgIpc) is 2.62. The number of nitrogens with one attached hydrogen (secondary N) is 1. The van der Waals surface area contributed by atoms with Gasteiger partial charge in [-0.25, -0.2) is 0 Å². The quantitative estimate of drug-likeness (QED) is 0.803. The number of carbonyl (C=O) groups is 1. The summed E-state index contributed by atoms with van der Waals surface area (Å²) in [4.78, 5) is 25.7. The molecule has 140 valence electrons. The lowest BCUT2D eigenvalue weighted by molar-refractivity contribution is 0.102. The number of carbonyl (C=O) groups excluding carboxylic acids is 1. The number of rotatable bonds is 7. The summed E-state index contributed by atoms with van der Waals surface area (Å²) in [6.07, 6.45) is 2.97. The first kappa shape index (κ1) is 19.8. The van der Waals surface area contributed by atoms with Crippen molar-refractivity contribution in [3.63, 3.8) is 0 Å². The van der Waals surface area contributed by atoms with E-state index in [0.717, 1.165) is 36.1 Å². The smallest absolute Gasteiger partial charge is 0.263 e. The molecule has 0 atom stereocenters. The normalized spacial score (nSPS) is 10.7. The third-order valence-corrected chi connectivity index (χ3v) is 4.46. The maximum Gasteiger partial charge on any atom is 0.263 e. The molecule has 2 rings (SSSR count). The van der Waals surface area contributed by atoms with E-state index in [1.807, 2.05) is 39.0 Å². The third kappa shape index (κ3) is 3.82. The molecule has 0 aliphatic rings. The second-order valence-electron chi connectivity index (χ2n) is 6.18. The van der Waals surface area contributed by atoms with Crippen LogP contribution in [0.2, 0.25) is 0 Å². The van der Waals surface area contributed by atoms with E-state index in [2.05, 4.69) is 5.32 Å². The van der Waals surface area contributed by atoms with Gasteiger partial charge in [0.15, 0.2) is 0 Å². The molecule has 1 amide bonds. The molecule has 1 aromatic carbocycles. The Morgan fingerprint density at radius 3 is 2.27 bits per heavy atom. The van der Waals surface area contributed by atoms with E-state index in [1.54, 1.807) is 6.92 Å². The molecule has 0 bridgehead atoms. The fraction of sp³-hybridized carbons (Fsp3) is 0.429. The number of aryl methyl sites for hydroxylation is 4. The van der Waals surface area contributed by atoms with Gasteiger partial charge in [-0.2, -0.15) is 0 Å². The number of hydrogen-bond acceptors (Lipinski definition) is 4. The zero-order valence-corrected chi connectivity index (χ0v) is 16.2. The number of para-hydroxylation sites is 1. The SMILES string of the molecule is CCCc1oc(C)c(C(=O)Nc2c(CC)cccc2CC)c(=O)c1OC. The summed E-state index contributed by atoms with van der Waals surface area (Å²) in [6, 6.07) is 5.94. The summed E-state index contributed by atoms with van der Waals surface area (Å²) in [5.41, 5.74) is 2.42. The number of amides is 1. The molecule has 0 spiro atoms. The highest BCUT2D eigenvalue weighted by Crippen LogP contribution is 2.25. The fourth-order valence-electron chi connectivity index (χ4n) is 3.12. The summed E-state index contributed by atoms with van der Waals surface area (Å²) < 4.78 is 11.0. The van der Waals surface area contributed by atoms with E-state index in [1.165, 1.54) is 7.11 Å². The van der Waals surface area contributed by atoms with Gasteiger partial charge in [0.2, 0.25) is 11.2 Å². The van der Waals surface area contributed by atoms with Crippen LogP contribution in [0.4, 0.5) is 5.69 Å². The highest BCUT2D eigenvalue weighted by atomic mass is 16.5. The minimum absolute atomic E-state index is 0.00494. The lowest BCUT2D eigenvalue weighted by Crippen LogP contribution is -2.25. The van der Waals surface area contributed by atoms with Crippen LogP contribution in [0.1, 0.15) is 60.2 Å². The van der Waals surface area contributed by atoms with Crippen molar-refractivity contribution in [2.75, 3.05) is 12.4 Å². The molecule has 26 heavy (non-hydrogen) atoms. The van der Waals surface area contributed by atoms with Gasteiger partial charge in [-0.05, 0) is 37.3 Å². The van der Waals surface area contributed by atoms with Crippen molar-refractivity contribution < 1.29 is 13.9 Å². The van der Waals surface area contributed by atoms with Gasteiger partial charge in [0.1, 0.15) is 17.1 Å². The Morgan fingerprint density at radius 2 is 1.77 bits per heavy atom. The van der Waals surface area contributed by atoms with Crippen molar-refractivity contribution >= 4 is 11.6 Å². The first-order chi connectivity index (χ1) is 12.5. The predicted molar refractivity (Wildman–Crippen MR) is 103 cm³/mol. The van der Waals surface area contributed by atoms with Crippen LogP contribution < -0.4 is 15.5 Å². The Morgan fingerprint density at radius 1 is 1.15 bits per heavy atom. The van der Waals surface area contributed by atoms with Gasteiger partial charge in [-0.15, -0.1) is 0 Å². The summed E-state index contributed by atoms with van der Waals surface area (Å²) in [5.74, 6) is 0.441. The second kappa shape index (κ2) is 8.70. The molecule has 5 nitrogen and oxygen atoms in total. The molecule has 1 aromatic heterocycles. The third-order valence-electron chi connectivity index (χ3n) is 4.46. The second-order valence-corrected chi connectivity index (χ2v) is 6.18. The van der Waals surface area contributed by atoms with E-state index in [-0.39, 0.29) is 11.3 Å². The van der Waals surface area contributed by atoms with E-state index >= 15 is 0 Å². The van der Waals surface area contributed by atoms with Gasteiger partial charge in [0.05, 0.1) is 7.11 Å². The van der Waals surface area contributed by atoms with Crippen molar-refractivity contribution in [2.45, 2.75) is 53.4 Å². The molecule has 0 fully saturated rings. The average molecular weight is 357 g/mol. The minimum Gasteiger partial charge on any atom is -0.490 e. The number of anilines is 1.